The number of hydrogen-bond donors (Lipinski definition) is 0. The highest BCUT2D eigenvalue weighted by molar-refractivity contribution is 6.17. The lowest BCUT2D eigenvalue weighted by molar-refractivity contribution is 0.115. The molecule has 2 heterocycles. The van der Waals surface area contributed by atoms with Gasteiger partial charge in [0.2, 0.25) is 0 Å². The van der Waals surface area contributed by atoms with E-state index in [0.717, 1.165) is 48.3 Å². The molecule has 0 aliphatic carbocycles. The Bertz CT molecular complexity index is 594. The molecule has 1 fully saturated rings. The Hall–Kier alpha value is -1.32. The highest BCUT2D eigenvalue weighted by Crippen LogP contribution is 2.28. The number of likely N-dealkylation sites (tertiary alicyclic amines) is 1. The second-order valence-electron chi connectivity index (χ2n) is 5.38. The van der Waals surface area contributed by atoms with Gasteiger partial charge >= 0.3 is 0 Å². The van der Waals surface area contributed by atoms with Gasteiger partial charge in [0.15, 0.2) is 0 Å². The van der Waals surface area contributed by atoms with Crippen molar-refractivity contribution in [2.75, 3.05) is 20.1 Å². The van der Waals surface area contributed by atoms with Crippen molar-refractivity contribution in [3.8, 4) is 5.75 Å². The highest BCUT2D eigenvalue weighted by Gasteiger charge is 2.19. The number of pyridine rings is 1. The first kappa shape index (κ1) is 13.7. The average Bonchev–Trinajstić information content (AvgIpc) is 2.49. The van der Waals surface area contributed by atoms with Crippen LogP contribution >= 0.6 is 11.6 Å². The molecule has 3 rings (SSSR count). The molecule has 0 spiro atoms. The summed E-state index contributed by atoms with van der Waals surface area (Å²) >= 11 is 5.94. The fourth-order valence-corrected chi connectivity index (χ4v) is 2.78. The molecule has 2 aromatic rings. The number of alkyl halides is 1. The van der Waals surface area contributed by atoms with E-state index in [0.29, 0.717) is 12.0 Å². The predicted molar refractivity (Wildman–Crippen MR) is 82.4 cm³/mol. The van der Waals surface area contributed by atoms with Gasteiger partial charge in [-0.2, -0.15) is 0 Å². The summed E-state index contributed by atoms with van der Waals surface area (Å²) in [6, 6.07) is 10.1. The smallest absolute Gasteiger partial charge is 0.130 e. The Morgan fingerprint density at radius 2 is 2.05 bits per heavy atom. The highest BCUT2D eigenvalue weighted by atomic mass is 35.5. The predicted octanol–water partition coefficient (Wildman–Crippen LogP) is 3.45. The Morgan fingerprint density at radius 3 is 2.80 bits per heavy atom. The Kier molecular flexibility index (Phi) is 4.08. The van der Waals surface area contributed by atoms with Crippen LogP contribution in [-0.4, -0.2) is 36.1 Å². The molecule has 20 heavy (non-hydrogen) atoms. The molecular formula is C16H19ClN2O. The van der Waals surface area contributed by atoms with E-state index in [1.807, 2.05) is 24.3 Å². The van der Waals surface area contributed by atoms with Gasteiger partial charge in [-0.25, -0.2) is 0 Å². The van der Waals surface area contributed by atoms with Gasteiger partial charge in [-0.15, -0.1) is 11.6 Å². The van der Waals surface area contributed by atoms with E-state index in [1.165, 1.54) is 0 Å². The van der Waals surface area contributed by atoms with Crippen molar-refractivity contribution in [1.82, 2.24) is 9.88 Å². The van der Waals surface area contributed by atoms with Crippen LogP contribution in [0, 0.1) is 0 Å². The number of benzene rings is 1. The van der Waals surface area contributed by atoms with Gasteiger partial charge in [-0.3, -0.25) is 4.98 Å². The van der Waals surface area contributed by atoms with Gasteiger partial charge in [0, 0.05) is 24.5 Å². The molecule has 3 nitrogen and oxygen atoms in total. The number of fused-ring (bicyclic) bond motifs is 1. The molecule has 1 aromatic heterocycles. The maximum absolute atomic E-state index is 6.23. The molecule has 1 aromatic carbocycles. The molecule has 106 valence electrons. The van der Waals surface area contributed by atoms with Crippen molar-refractivity contribution in [1.29, 1.82) is 0 Å². The van der Waals surface area contributed by atoms with E-state index in [-0.39, 0.29) is 0 Å². The van der Waals surface area contributed by atoms with Crippen LogP contribution in [0.25, 0.3) is 10.9 Å². The van der Waals surface area contributed by atoms with Crippen molar-refractivity contribution in [3.05, 3.63) is 36.0 Å². The monoisotopic (exact) mass is 290 g/mol. The van der Waals surface area contributed by atoms with Gasteiger partial charge < -0.3 is 9.64 Å². The minimum Gasteiger partial charge on any atom is -0.490 e. The SMILES string of the molecule is CN1CCC(Oc2cc(CCl)nc3ccccc23)CC1. The third kappa shape index (κ3) is 2.89. The van der Waals surface area contributed by atoms with Gasteiger partial charge in [0.25, 0.3) is 0 Å². The topological polar surface area (TPSA) is 25.4 Å². The molecular weight excluding hydrogens is 272 g/mol. The van der Waals surface area contributed by atoms with Gasteiger partial charge in [0.05, 0.1) is 17.1 Å². The minimum absolute atomic E-state index is 0.292. The van der Waals surface area contributed by atoms with E-state index < -0.39 is 0 Å². The van der Waals surface area contributed by atoms with Gasteiger partial charge in [-0.05, 0) is 32.0 Å². The summed E-state index contributed by atoms with van der Waals surface area (Å²) in [6.45, 7) is 2.19. The molecule has 4 heteroatoms. The Balaban J connectivity index is 1.89. The molecule has 0 unspecified atom stereocenters. The van der Waals surface area contributed by atoms with Gasteiger partial charge in [-0.1, -0.05) is 12.1 Å². The molecule has 0 atom stereocenters. The van der Waals surface area contributed by atoms with Gasteiger partial charge in [0.1, 0.15) is 11.9 Å². The molecule has 0 bridgehead atoms. The molecule has 0 N–H and O–H groups in total. The summed E-state index contributed by atoms with van der Waals surface area (Å²) in [4.78, 5) is 6.88. The largest absolute Gasteiger partial charge is 0.490 e. The second-order valence-corrected chi connectivity index (χ2v) is 5.65. The number of nitrogens with zero attached hydrogens (tertiary/aromatic N) is 2. The lowest BCUT2D eigenvalue weighted by atomic mass is 10.1. The number of piperidine rings is 1. The maximum atomic E-state index is 6.23. The Morgan fingerprint density at radius 1 is 1.30 bits per heavy atom. The number of para-hydroxylation sites is 1. The molecule has 1 aliphatic heterocycles. The lowest BCUT2D eigenvalue weighted by Crippen LogP contribution is -2.35. The summed E-state index contributed by atoms with van der Waals surface area (Å²) < 4.78 is 6.23. The normalized spacial score (nSPS) is 17.5. The van der Waals surface area contributed by atoms with Crippen molar-refractivity contribution in [3.63, 3.8) is 0 Å². The van der Waals surface area contributed by atoms with Crippen LogP contribution in [0.15, 0.2) is 30.3 Å². The third-order valence-electron chi connectivity index (χ3n) is 3.83. The summed E-state index contributed by atoms with van der Waals surface area (Å²) in [7, 11) is 2.16. The summed E-state index contributed by atoms with van der Waals surface area (Å²) in [5.74, 6) is 1.33. The van der Waals surface area contributed by atoms with Crippen LogP contribution in [0.4, 0.5) is 0 Å². The number of rotatable bonds is 3. The number of halogens is 1. The molecule has 1 saturated heterocycles. The third-order valence-corrected chi connectivity index (χ3v) is 4.10. The quantitative estimate of drug-likeness (QED) is 0.810. The van der Waals surface area contributed by atoms with E-state index in [2.05, 4.69) is 23.0 Å². The van der Waals surface area contributed by atoms with E-state index in [1.54, 1.807) is 0 Å². The van der Waals surface area contributed by atoms with Crippen LogP contribution < -0.4 is 4.74 Å². The van der Waals surface area contributed by atoms with E-state index in [9.17, 15) is 0 Å². The van der Waals surface area contributed by atoms with Crippen molar-refractivity contribution in [2.45, 2.75) is 24.8 Å². The number of ether oxygens (including phenoxy) is 1. The van der Waals surface area contributed by atoms with Crippen molar-refractivity contribution >= 4 is 22.5 Å². The zero-order valence-corrected chi connectivity index (χ0v) is 12.4. The van der Waals surface area contributed by atoms with E-state index in [4.69, 9.17) is 16.3 Å². The lowest BCUT2D eigenvalue weighted by Gasteiger charge is -2.29. The minimum atomic E-state index is 0.292. The maximum Gasteiger partial charge on any atom is 0.130 e. The summed E-state index contributed by atoms with van der Waals surface area (Å²) in [6.07, 6.45) is 2.44. The zero-order valence-electron chi connectivity index (χ0n) is 11.7. The molecule has 0 amide bonds. The van der Waals surface area contributed by atoms with Crippen molar-refractivity contribution < 1.29 is 4.74 Å². The van der Waals surface area contributed by atoms with Crippen LogP contribution in [0.2, 0.25) is 0 Å². The van der Waals surface area contributed by atoms with E-state index >= 15 is 0 Å². The van der Waals surface area contributed by atoms with Crippen LogP contribution in [0.1, 0.15) is 18.5 Å². The van der Waals surface area contributed by atoms with Crippen LogP contribution in [0.5, 0.6) is 5.75 Å². The second kappa shape index (κ2) is 5.98. The average molecular weight is 291 g/mol. The van der Waals surface area contributed by atoms with Crippen LogP contribution in [0.3, 0.4) is 0 Å². The fraction of sp³-hybridized carbons (Fsp3) is 0.438. The first-order valence-electron chi connectivity index (χ1n) is 7.06. The fourth-order valence-electron chi connectivity index (χ4n) is 2.64. The summed E-state index contributed by atoms with van der Waals surface area (Å²) in [5.41, 5.74) is 1.82. The van der Waals surface area contributed by atoms with Crippen molar-refractivity contribution in [2.24, 2.45) is 0 Å². The first-order valence-corrected chi connectivity index (χ1v) is 7.59. The number of hydrogen-bond acceptors (Lipinski definition) is 3. The molecule has 1 aliphatic rings. The summed E-state index contributed by atoms with van der Waals surface area (Å²) in [5, 5.41) is 1.07. The zero-order chi connectivity index (χ0) is 13.9. The first-order chi connectivity index (χ1) is 9.76. The number of aromatic nitrogens is 1. The molecule has 0 radical (unpaired) electrons. The standard InChI is InChI=1S/C16H19ClN2O/c1-19-8-6-13(7-9-19)20-16-10-12(11-17)18-15-5-3-2-4-14(15)16/h2-5,10,13H,6-9,11H2,1H3. The molecule has 0 saturated carbocycles. The Labute approximate surface area is 124 Å². The van der Waals surface area contributed by atoms with Crippen LogP contribution in [-0.2, 0) is 5.88 Å².